The number of nitrogens with zero attached hydrogens (tertiary/aromatic N) is 2. The van der Waals surface area contributed by atoms with Gasteiger partial charge in [-0.25, -0.2) is 0 Å². The Morgan fingerprint density at radius 3 is 2.74 bits per heavy atom. The molecule has 108 valence electrons. The Morgan fingerprint density at radius 1 is 1.37 bits per heavy atom. The SMILES string of the molecule is CN1C(=O)CCC(NCC(O)CN2CCCC2)C1=O. The van der Waals surface area contributed by atoms with Gasteiger partial charge in [0.15, 0.2) is 0 Å². The second kappa shape index (κ2) is 6.45. The average Bonchev–Trinajstić information content (AvgIpc) is 2.88. The van der Waals surface area contributed by atoms with Crippen LogP contribution in [-0.2, 0) is 9.59 Å². The Hall–Kier alpha value is -0.980. The van der Waals surface area contributed by atoms with Crippen molar-refractivity contribution < 1.29 is 14.7 Å². The maximum absolute atomic E-state index is 11.8. The molecular formula is C13H23N3O3. The predicted octanol–water partition coefficient (Wildman–Crippen LogP) is -0.820. The van der Waals surface area contributed by atoms with Crippen LogP contribution >= 0.6 is 0 Å². The molecule has 2 aliphatic rings. The lowest BCUT2D eigenvalue weighted by Crippen LogP contribution is -2.53. The number of carbonyl (C=O) groups is 2. The Kier molecular flexibility index (Phi) is 4.90. The van der Waals surface area contributed by atoms with Crippen LogP contribution in [0.4, 0.5) is 0 Å². The van der Waals surface area contributed by atoms with Crippen molar-refractivity contribution in [2.75, 3.05) is 33.2 Å². The summed E-state index contributed by atoms with van der Waals surface area (Å²) in [7, 11) is 1.51. The number of imide groups is 1. The first-order valence-electron chi connectivity index (χ1n) is 7.02. The second-order valence-electron chi connectivity index (χ2n) is 5.45. The van der Waals surface area contributed by atoms with E-state index in [0.29, 0.717) is 25.9 Å². The van der Waals surface area contributed by atoms with E-state index in [1.807, 2.05) is 0 Å². The van der Waals surface area contributed by atoms with Crippen LogP contribution in [0, 0.1) is 0 Å². The number of aliphatic hydroxyl groups excluding tert-OH is 1. The summed E-state index contributed by atoms with van der Waals surface area (Å²) >= 11 is 0. The summed E-state index contributed by atoms with van der Waals surface area (Å²) in [6.07, 6.45) is 2.86. The van der Waals surface area contributed by atoms with Gasteiger partial charge in [-0.15, -0.1) is 0 Å². The molecule has 6 nitrogen and oxygen atoms in total. The lowest BCUT2D eigenvalue weighted by Gasteiger charge is -2.29. The molecule has 2 fully saturated rings. The van der Waals surface area contributed by atoms with Crippen molar-refractivity contribution >= 4 is 11.8 Å². The van der Waals surface area contributed by atoms with Gasteiger partial charge in [-0.1, -0.05) is 0 Å². The number of hydrogen-bond donors (Lipinski definition) is 2. The number of likely N-dealkylation sites (tertiary alicyclic amines) is 2. The van der Waals surface area contributed by atoms with Crippen LogP contribution in [0.15, 0.2) is 0 Å². The van der Waals surface area contributed by atoms with E-state index in [0.717, 1.165) is 13.1 Å². The molecule has 0 aliphatic carbocycles. The molecule has 2 amide bonds. The molecule has 0 aromatic carbocycles. The van der Waals surface area contributed by atoms with Gasteiger partial charge in [0, 0.05) is 26.6 Å². The summed E-state index contributed by atoms with van der Waals surface area (Å²) in [5.41, 5.74) is 0. The Balaban J connectivity index is 1.72. The number of likely N-dealkylation sites (N-methyl/N-ethyl adjacent to an activating group) is 1. The molecule has 2 rings (SSSR count). The first kappa shape index (κ1) is 14.4. The minimum absolute atomic E-state index is 0.124. The van der Waals surface area contributed by atoms with E-state index >= 15 is 0 Å². The number of amides is 2. The van der Waals surface area contributed by atoms with Crippen molar-refractivity contribution in [1.82, 2.24) is 15.1 Å². The van der Waals surface area contributed by atoms with Crippen molar-refractivity contribution in [3.05, 3.63) is 0 Å². The quantitative estimate of drug-likeness (QED) is 0.638. The summed E-state index contributed by atoms with van der Waals surface area (Å²) in [5, 5.41) is 13.0. The number of carbonyl (C=O) groups excluding carboxylic acids is 2. The van der Waals surface area contributed by atoms with Gasteiger partial charge in [0.25, 0.3) is 0 Å². The molecule has 2 aliphatic heterocycles. The Morgan fingerprint density at radius 2 is 2.05 bits per heavy atom. The molecule has 19 heavy (non-hydrogen) atoms. The van der Waals surface area contributed by atoms with Crippen LogP contribution in [0.1, 0.15) is 25.7 Å². The highest BCUT2D eigenvalue weighted by molar-refractivity contribution is 6.00. The standard InChI is InChI=1S/C13H23N3O3/c1-15-12(18)5-4-11(13(15)19)14-8-10(17)9-16-6-2-3-7-16/h10-11,14,17H,2-9H2,1H3. The number of nitrogens with one attached hydrogen (secondary N) is 1. The first-order chi connectivity index (χ1) is 9.08. The third-order valence-corrected chi connectivity index (χ3v) is 3.92. The van der Waals surface area contributed by atoms with Crippen molar-refractivity contribution in [1.29, 1.82) is 0 Å². The largest absolute Gasteiger partial charge is 0.390 e. The predicted molar refractivity (Wildman–Crippen MR) is 70.5 cm³/mol. The van der Waals surface area contributed by atoms with E-state index in [4.69, 9.17) is 0 Å². The van der Waals surface area contributed by atoms with Gasteiger partial charge in [-0.05, 0) is 32.4 Å². The fraction of sp³-hybridized carbons (Fsp3) is 0.846. The molecule has 0 saturated carbocycles. The lowest BCUT2D eigenvalue weighted by atomic mass is 10.0. The Bertz CT molecular complexity index is 342. The van der Waals surface area contributed by atoms with Gasteiger partial charge in [-0.2, -0.15) is 0 Å². The zero-order valence-corrected chi connectivity index (χ0v) is 11.5. The van der Waals surface area contributed by atoms with Crippen LogP contribution in [0.5, 0.6) is 0 Å². The topological polar surface area (TPSA) is 72.9 Å². The normalized spacial score (nSPS) is 27.1. The molecule has 2 N–H and O–H groups in total. The second-order valence-corrected chi connectivity index (χ2v) is 5.45. The van der Waals surface area contributed by atoms with E-state index in [-0.39, 0.29) is 17.9 Å². The summed E-state index contributed by atoms with van der Waals surface area (Å²) in [6, 6.07) is -0.337. The van der Waals surface area contributed by atoms with Crippen molar-refractivity contribution in [2.45, 2.75) is 37.8 Å². The summed E-state index contributed by atoms with van der Waals surface area (Å²) in [6.45, 7) is 3.16. The molecule has 2 atom stereocenters. The van der Waals surface area contributed by atoms with E-state index in [9.17, 15) is 14.7 Å². The maximum atomic E-state index is 11.8. The molecule has 0 aromatic heterocycles. The number of aliphatic hydroxyl groups is 1. The average molecular weight is 269 g/mol. The molecular weight excluding hydrogens is 246 g/mol. The van der Waals surface area contributed by atoms with Crippen LogP contribution in [-0.4, -0.2) is 72.1 Å². The van der Waals surface area contributed by atoms with E-state index in [1.54, 1.807) is 0 Å². The molecule has 2 heterocycles. The molecule has 2 saturated heterocycles. The fourth-order valence-corrected chi connectivity index (χ4v) is 2.71. The third kappa shape index (κ3) is 3.75. The number of piperidine rings is 1. The van der Waals surface area contributed by atoms with Gasteiger partial charge >= 0.3 is 0 Å². The zero-order chi connectivity index (χ0) is 13.8. The number of hydrogen-bond acceptors (Lipinski definition) is 5. The van der Waals surface area contributed by atoms with Crippen LogP contribution in [0.3, 0.4) is 0 Å². The number of rotatable bonds is 5. The molecule has 0 radical (unpaired) electrons. The van der Waals surface area contributed by atoms with Crippen molar-refractivity contribution in [3.63, 3.8) is 0 Å². The van der Waals surface area contributed by atoms with E-state index in [1.165, 1.54) is 24.8 Å². The molecule has 2 unspecified atom stereocenters. The Labute approximate surface area is 113 Å². The summed E-state index contributed by atoms with van der Waals surface area (Å²) in [4.78, 5) is 26.6. The van der Waals surface area contributed by atoms with E-state index < -0.39 is 6.10 Å². The highest BCUT2D eigenvalue weighted by Gasteiger charge is 2.31. The van der Waals surface area contributed by atoms with Gasteiger partial charge < -0.3 is 15.3 Å². The van der Waals surface area contributed by atoms with E-state index in [2.05, 4.69) is 10.2 Å². The molecule has 6 heteroatoms. The van der Waals surface area contributed by atoms with Crippen LogP contribution in [0.25, 0.3) is 0 Å². The third-order valence-electron chi connectivity index (χ3n) is 3.92. The monoisotopic (exact) mass is 269 g/mol. The minimum Gasteiger partial charge on any atom is -0.390 e. The summed E-state index contributed by atoms with van der Waals surface area (Å²) in [5.74, 6) is -0.315. The zero-order valence-electron chi connectivity index (χ0n) is 11.5. The van der Waals surface area contributed by atoms with Gasteiger partial charge in [0.2, 0.25) is 11.8 Å². The lowest BCUT2D eigenvalue weighted by molar-refractivity contribution is -0.148. The highest BCUT2D eigenvalue weighted by Crippen LogP contribution is 2.12. The van der Waals surface area contributed by atoms with Gasteiger partial charge in [0.05, 0.1) is 12.1 Å². The fourth-order valence-electron chi connectivity index (χ4n) is 2.71. The smallest absolute Gasteiger partial charge is 0.246 e. The molecule has 0 spiro atoms. The first-order valence-corrected chi connectivity index (χ1v) is 7.02. The minimum atomic E-state index is -0.464. The van der Waals surface area contributed by atoms with Crippen molar-refractivity contribution in [2.24, 2.45) is 0 Å². The molecule has 0 aromatic rings. The van der Waals surface area contributed by atoms with Crippen LogP contribution in [0.2, 0.25) is 0 Å². The highest BCUT2D eigenvalue weighted by atomic mass is 16.3. The van der Waals surface area contributed by atoms with Gasteiger partial charge in [0.1, 0.15) is 0 Å². The summed E-state index contributed by atoms with van der Waals surface area (Å²) < 4.78 is 0. The molecule has 0 bridgehead atoms. The maximum Gasteiger partial charge on any atom is 0.246 e. The van der Waals surface area contributed by atoms with Crippen LogP contribution < -0.4 is 5.32 Å². The van der Waals surface area contributed by atoms with Crippen molar-refractivity contribution in [3.8, 4) is 0 Å². The van der Waals surface area contributed by atoms with Gasteiger partial charge in [-0.3, -0.25) is 14.5 Å². The number of β-amino-alcohol motifs (C(OH)–C–C–N with tert-alkyl or cyclic N) is 1.